The molecule has 0 saturated heterocycles. The summed E-state index contributed by atoms with van der Waals surface area (Å²) in [6.07, 6.45) is 0. The van der Waals surface area contributed by atoms with E-state index in [1.165, 1.54) is 54.6 Å². The first-order chi connectivity index (χ1) is 24.1. The SMILES string of the molecule is CC1(C)c2ccccc2-c2c1c1ccccc1c1c2ccc2cc(-c3cccc4nc(-c5ccccc5)c(-c5ccccc5)nc34)ccc21. The van der Waals surface area contributed by atoms with Crippen molar-refractivity contribution in [2.24, 2.45) is 0 Å². The first-order valence-corrected chi connectivity index (χ1v) is 17.0. The summed E-state index contributed by atoms with van der Waals surface area (Å²) < 4.78 is 0. The molecule has 0 amide bonds. The maximum atomic E-state index is 5.38. The Morgan fingerprint density at radius 2 is 1.08 bits per heavy atom. The highest BCUT2D eigenvalue weighted by atomic mass is 14.8. The van der Waals surface area contributed by atoms with Crippen LogP contribution < -0.4 is 0 Å². The third-order valence-corrected chi connectivity index (χ3v) is 10.6. The number of hydrogen-bond donors (Lipinski definition) is 0. The van der Waals surface area contributed by atoms with Crippen LogP contribution in [0.15, 0.2) is 158 Å². The number of hydrogen-bond acceptors (Lipinski definition) is 2. The second-order valence-electron chi connectivity index (χ2n) is 13.7. The molecule has 0 spiro atoms. The van der Waals surface area contributed by atoms with Crippen molar-refractivity contribution in [1.82, 2.24) is 9.97 Å². The van der Waals surface area contributed by atoms with Crippen LogP contribution in [0.25, 0.3) is 88.1 Å². The standard InChI is InChI=1S/C47H32N2/c1-47(2)39-22-12-11-20-37(39)42-38-27-25-31-28-32(24-26-33(31)41(38)35-18-9-10-19-36(35)43(42)47)34-21-13-23-40-46(34)49-45(30-16-7-4-8-17-30)44(48-40)29-14-5-3-6-15-29/h3-28H,1-2H3. The molecule has 2 heteroatoms. The molecule has 0 aliphatic heterocycles. The van der Waals surface area contributed by atoms with E-state index in [2.05, 4.69) is 159 Å². The van der Waals surface area contributed by atoms with Crippen LogP contribution in [0.1, 0.15) is 25.0 Å². The van der Waals surface area contributed by atoms with Gasteiger partial charge >= 0.3 is 0 Å². The molecule has 0 atom stereocenters. The zero-order valence-corrected chi connectivity index (χ0v) is 27.4. The predicted molar refractivity (Wildman–Crippen MR) is 206 cm³/mol. The van der Waals surface area contributed by atoms with E-state index >= 15 is 0 Å². The van der Waals surface area contributed by atoms with Gasteiger partial charge in [-0.15, -0.1) is 0 Å². The van der Waals surface area contributed by atoms with Gasteiger partial charge in [0.15, 0.2) is 0 Å². The molecular weight excluding hydrogens is 593 g/mol. The van der Waals surface area contributed by atoms with Crippen LogP contribution in [0, 0.1) is 0 Å². The van der Waals surface area contributed by atoms with E-state index < -0.39 is 0 Å². The van der Waals surface area contributed by atoms with Crippen LogP contribution in [0.5, 0.6) is 0 Å². The van der Waals surface area contributed by atoms with E-state index in [9.17, 15) is 0 Å². The summed E-state index contributed by atoms with van der Waals surface area (Å²) >= 11 is 0. The summed E-state index contributed by atoms with van der Waals surface area (Å²) in [5, 5.41) is 7.79. The number of aromatic nitrogens is 2. The van der Waals surface area contributed by atoms with Gasteiger partial charge in [0.05, 0.1) is 22.4 Å². The molecule has 9 aromatic rings. The molecule has 8 aromatic carbocycles. The molecule has 0 bridgehead atoms. The number of rotatable bonds is 3. The quantitative estimate of drug-likeness (QED) is 0.183. The molecule has 1 heterocycles. The third-order valence-electron chi connectivity index (χ3n) is 10.6. The van der Waals surface area contributed by atoms with Gasteiger partial charge in [-0.25, -0.2) is 9.97 Å². The Morgan fingerprint density at radius 1 is 0.449 bits per heavy atom. The summed E-state index contributed by atoms with van der Waals surface area (Å²) in [6.45, 7) is 4.75. The van der Waals surface area contributed by atoms with Crippen molar-refractivity contribution < 1.29 is 0 Å². The van der Waals surface area contributed by atoms with Crippen LogP contribution in [0.2, 0.25) is 0 Å². The minimum absolute atomic E-state index is 0.0765. The van der Waals surface area contributed by atoms with Crippen molar-refractivity contribution in [3.8, 4) is 44.8 Å². The Morgan fingerprint density at radius 3 is 1.86 bits per heavy atom. The first-order valence-electron chi connectivity index (χ1n) is 17.0. The lowest BCUT2D eigenvalue weighted by Gasteiger charge is -2.24. The van der Waals surface area contributed by atoms with Crippen LogP contribution in [0.3, 0.4) is 0 Å². The van der Waals surface area contributed by atoms with Gasteiger partial charge in [-0.1, -0.05) is 159 Å². The summed E-state index contributed by atoms with van der Waals surface area (Å²) in [4.78, 5) is 10.6. The molecule has 1 aliphatic rings. The van der Waals surface area contributed by atoms with Crippen molar-refractivity contribution in [3.05, 3.63) is 169 Å². The molecule has 10 rings (SSSR count). The molecule has 1 aromatic heterocycles. The maximum Gasteiger partial charge on any atom is 0.0973 e. The molecule has 0 N–H and O–H groups in total. The zero-order valence-electron chi connectivity index (χ0n) is 27.4. The van der Waals surface area contributed by atoms with E-state index in [0.29, 0.717) is 0 Å². The number of benzene rings is 8. The summed E-state index contributed by atoms with van der Waals surface area (Å²) in [5.74, 6) is 0. The highest BCUT2D eigenvalue weighted by Crippen LogP contribution is 2.55. The highest BCUT2D eigenvalue weighted by molar-refractivity contribution is 6.26. The summed E-state index contributed by atoms with van der Waals surface area (Å²) in [7, 11) is 0. The second-order valence-corrected chi connectivity index (χ2v) is 13.7. The van der Waals surface area contributed by atoms with Gasteiger partial charge in [0.2, 0.25) is 0 Å². The fourth-order valence-electron chi connectivity index (χ4n) is 8.40. The predicted octanol–water partition coefficient (Wildman–Crippen LogP) is 12.4. The molecule has 2 nitrogen and oxygen atoms in total. The Labute approximate surface area is 285 Å². The molecule has 0 fully saturated rings. The lowest BCUT2D eigenvalue weighted by molar-refractivity contribution is 0.666. The Balaban J connectivity index is 1.22. The van der Waals surface area contributed by atoms with Crippen molar-refractivity contribution >= 4 is 43.4 Å². The highest BCUT2D eigenvalue weighted by Gasteiger charge is 2.38. The molecule has 1 aliphatic carbocycles. The van der Waals surface area contributed by atoms with Gasteiger partial charge in [-0.05, 0) is 72.3 Å². The lowest BCUT2D eigenvalue weighted by Crippen LogP contribution is -2.15. The Hall–Kier alpha value is -6.12. The van der Waals surface area contributed by atoms with Gasteiger partial charge < -0.3 is 0 Å². The van der Waals surface area contributed by atoms with Crippen LogP contribution in [-0.4, -0.2) is 9.97 Å². The largest absolute Gasteiger partial charge is 0.244 e. The van der Waals surface area contributed by atoms with Gasteiger partial charge in [-0.2, -0.15) is 0 Å². The Kier molecular flexibility index (Phi) is 5.95. The van der Waals surface area contributed by atoms with Crippen molar-refractivity contribution in [3.63, 3.8) is 0 Å². The average Bonchev–Trinajstić information content (AvgIpc) is 3.41. The van der Waals surface area contributed by atoms with Gasteiger partial charge in [-0.3, -0.25) is 0 Å². The monoisotopic (exact) mass is 624 g/mol. The van der Waals surface area contributed by atoms with E-state index in [1.807, 2.05) is 12.1 Å². The van der Waals surface area contributed by atoms with Crippen LogP contribution >= 0.6 is 0 Å². The van der Waals surface area contributed by atoms with Gasteiger partial charge in [0.25, 0.3) is 0 Å². The molecule has 230 valence electrons. The second kappa shape index (κ2) is 10.4. The topological polar surface area (TPSA) is 25.8 Å². The fourth-order valence-corrected chi connectivity index (χ4v) is 8.40. The molecule has 0 radical (unpaired) electrons. The summed E-state index contributed by atoms with van der Waals surface area (Å²) in [5.41, 5.74) is 13.4. The van der Waals surface area contributed by atoms with Crippen LogP contribution in [0.4, 0.5) is 0 Å². The smallest absolute Gasteiger partial charge is 0.0973 e. The van der Waals surface area contributed by atoms with E-state index in [4.69, 9.17) is 9.97 Å². The molecular formula is C47H32N2. The third kappa shape index (κ3) is 4.07. The van der Waals surface area contributed by atoms with Crippen molar-refractivity contribution in [1.29, 1.82) is 0 Å². The normalized spacial score (nSPS) is 13.3. The Bertz CT molecular complexity index is 2780. The fraction of sp³-hybridized carbons (Fsp3) is 0.0638. The van der Waals surface area contributed by atoms with Crippen molar-refractivity contribution in [2.45, 2.75) is 19.3 Å². The zero-order chi connectivity index (χ0) is 32.7. The van der Waals surface area contributed by atoms with Crippen LogP contribution in [-0.2, 0) is 5.41 Å². The number of nitrogens with zero attached hydrogens (tertiary/aromatic N) is 2. The molecule has 0 saturated carbocycles. The molecule has 49 heavy (non-hydrogen) atoms. The van der Waals surface area contributed by atoms with E-state index in [0.717, 1.165) is 44.7 Å². The summed E-state index contributed by atoms with van der Waals surface area (Å²) in [6, 6.07) is 56.7. The number of fused-ring (bicyclic) bond motifs is 11. The van der Waals surface area contributed by atoms with Gasteiger partial charge in [0, 0.05) is 22.1 Å². The van der Waals surface area contributed by atoms with Crippen molar-refractivity contribution in [2.75, 3.05) is 0 Å². The maximum absolute atomic E-state index is 5.38. The number of para-hydroxylation sites is 1. The van der Waals surface area contributed by atoms with E-state index in [-0.39, 0.29) is 5.41 Å². The molecule has 0 unspecified atom stereocenters. The van der Waals surface area contributed by atoms with E-state index in [1.54, 1.807) is 0 Å². The average molecular weight is 625 g/mol. The minimum atomic E-state index is -0.0765. The van der Waals surface area contributed by atoms with Gasteiger partial charge in [0.1, 0.15) is 0 Å². The minimum Gasteiger partial charge on any atom is -0.244 e. The first kappa shape index (κ1) is 27.9. The lowest BCUT2D eigenvalue weighted by atomic mass is 9.79.